The summed E-state index contributed by atoms with van der Waals surface area (Å²) in [5.74, 6) is 0. The largest absolute Gasteiger partial charge is 0.355 e. The van der Waals surface area contributed by atoms with E-state index in [1.807, 2.05) is 0 Å². The highest BCUT2D eigenvalue weighted by molar-refractivity contribution is 5.86. The maximum atomic E-state index is 3.71. The second kappa shape index (κ2) is 19.5. The van der Waals surface area contributed by atoms with Crippen LogP contribution in [0.4, 0.5) is 56.9 Å². The zero-order valence-corrected chi connectivity index (χ0v) is 39.0. The van der Waals surface area contributed by atoms with Gasteiger partial charge in [0.25, 0.3) is 0 Å². The van der Waals surface area contributed by atoms with Crippen molar-refractivity contribution in [2.45, 2.75) is 27.7 Å². The topological polar surface area (TPSA) is 30.5 Å². The molecule has 0 radical (unpaired) electrons. The fourth-order valence-corrected chi connectivity index (χ4v) is 9.03. The quantitative estimate of drug-likeness (QED) is 0.121. The molecule has 0 fully saturated rings. The van der Waals surface area contributed by atoms with Crippen molar-refractivity contribution >= 4 is 56.9 Å². The van der Waals surface area contributed by atoms with Crippen LogP contribution in [0.25, 0.3) is 33.4 Å². The third kappa shape index (κ3) is 9.67. The first-order valence-electron chi connectivity index (χ1n) is 23.3. The molecule has 10 aromatic rings. The van der Waals surface area contributed by atoms with Crippen molar-refractivity contribution in [2.75, 3.05) is 20.4 Å². The van der Waals surface area contributed by atoms with Gasteiger partial charge < -0.3 is 20.4 Å². The molecule has 0 aliphatic heterocycles. The number of para-hydroxylation sites is 2. The van der Waals surface area contributed by atoms with Crippen molar-refractivity contribution in [3.05, 3.63) is 265 Å². The summed E-state index contributed by atoms with van der Waals surface area (Å²) < 4.78 is 0. The van der Waals surface area contributed by atoms with Gasteiger partial charge in [-0.05, 0) is 181 Å². The summed E-state index contributed by atoms with van der Waals surface area (Å²) >= 11 is 0. The van der Waals surface area contributed by atoms with Crippen molar-refractivity contribution in [1.29, 1.82) is 0 Å². The Balaban J connectivity index is 0.828. The molecule has 0 unspecified atom stereocenters. The monoisotopic (exact) mass is 878 g/mol. The van der Waals surface area contributed by atoms with Gasteiger partial charge in [-0.2, -0.15) is 0 Å². The number of nitrogens with one attached hydrogen (secondary N) is 2. The van der Waals surface area contributed by atoms with Crippen LogP contribution in [-0.4, -0.2) is 0 Å². The maximum absolute atomic E-state index is 3.71. The van der Waals surface area contributed by atoms with E-state index in [0.717, 1.165) is 90.3 Å². The van der Waals surface area contributed by atoms with Crippen LogP contribution >= 0.6 is 0 Å². The van der Waals surface area contributed by atoms with Crippen LogP contribution in [0, 0.1) is 27.7 Å². The van der Waals surface area contributed by atoms with Gasteiger partial charge in [-0.15, -0.1) is 0 Å². The van der Waals surface area contributed by atoms with E-state index in [2.05, 4.69) is 291 Å². The summed E-state index contributed by atoms with van der Waals surface area (Å²) in [5, 5.41) is 7.42. The van der Waals surface area contributed by atoms with Crippen molar-refractivity contribution in [3.63, 3.8) is 0 Å². The van der Waals surface area contributed by atoms with E-state index >= 15 is 0 Å². The van der Waals surface area contributed by atoms with Crippen molar-refractivity contribution in [3.8, 4) is 33.4 Å². The predicted molar refractivity (Wildman–Crippen MR) is 291 cm³/mol. The van der Waals surface area contributed by atoms with Crippen LogP contribution in [0.2, 0.25) is 0 Å². The molecule has 4 heteroatoms. The molecule has 0 atom stereocenters. The zero-order valence-electron chi connectivity index (χ0n) is 39.0. The number of benzene rings is 10. The molecule has 2 N–H and O–H groups in total. The fraction of sp³-hybridized carbons (Fsp3) is 0.0625. The van der Waals surface area contributed by atoms with Crippen molar-refractivity contribution in [1.82, 2.24) is 0 Å². The van der Waals surface area contributed by atoms with Gasteiger partial charge in [0.1, 0.15) is 0 Å². The summed E-state index contributed by atoms with van der Waals surface area (Å²) in [7, 11) is 0. The summed E-state index contributed by atoms with van der Waals surface area (Å²) in [6.07, 6.45) is 0. The Bertz CT molecular complexity index is 3000. The average molecular weight is 879 g/mol. The number of nitrogens with zero attached hydrogens (tertiary/aromatic N) is 2. The molecule has 0 aliphatic rings. The first-order valence-corrected chi connectivity index (χ1v) is 23.3. The Labute approximate surface area is 401 Å². The lowest BCUT2D eigenvalue weighted by atomic mass is 10.0. The van der Waals surface area contributed by atoms with Crippen molar-refractivity contribution in [2.24, 2.45) is 0 Å². The first-order chi connectivity index (χ1) is 33.3. The molecule has 10 aromatic carbocycles. The van der Waals surface area contributed by atoms with Gasteiger partial charge in [0.05, 0.1) is 0 Å². The molecule has 0 amide bonds. The summed E-state index contributed by atoms with van der Waals surface area (Å²) in [6, 6.07) is 86.9. The minimum absolute atomic E-state index is 1.03. The van der Waals surface area contributed by atoms with Gasteiger partial charge >= 0.3 is 0 Å². The molecular formula is C64H54N4. The highest BCUT2D eigenvalue weighted by Gasteiger charge is 2.16. The summed E-state index contributed by atoms with van der Waals surface area (Å²) in [5.41, 5.74) is 22.8. The molecule has 0 aliphatic carbocycles. The molecule has 68 heavy (non-hydrogen) atoms. The van der Waals surface area contributed by atoms with E-state index < -0.39 is 0 Å². The second-order valence-electron chi connectivity index (χ2n) is 17.6. The number of hydrogen-bond donors (Lipinski definition) is 2. The Hall–Kier alpha value is -8.60. The summed E-state index contributed by atoms with van der Waals surface area (Å²) in [4.78, 5) is 4.65. The zero-order chi connectivity index (χ0) is 46.4. The second-order valence-corrected chi connectivity index (χ2v) is 17.6. The molecule has 10 rings (SSSR count). The number of hydrogen-bond acceptors (Lipinski definition) is 4. The molecule has 0 spiro atoms. The van der Waals surface area contributed by atoms with Crippen LogP contribution < -0.4 is 20.4 Å². The predicted octanol–water partition coefficient (Wildman–Crippen LogP) is 18.3. The van der Waals surface area contributed by atoms with E-state index in [1.165, 1.54) is 22.3 Å². The lowest BCUT2D eigenvalue weighted by Crippen LogP contribution is -2.10. The van der Waals surface area contributed by atoms with E-state index in [1.54, 1.807) is 0 Å². The summed E-state index contributed by atoms with van der Waals surface area (Å²) in [6.45, 7) is 8.57. The molecule has 0 bridgehead atoms. The minimum Gasteiger partial charge on any atom is -0.355 e. The maximum Gasteiger partial charge on any atom is 0.0464 e. The molecule has 0 aromatic heterocycles. The highest BCUT2D eigenvalue weighted by Crippen LogP contribution is 2.40. The SMILES string of the molecule is Cc1cccc(N(c2ccc(-c3ccccc3Nc3ccc(-c4ccc(Nc5ccccc5-c5ccc(N(c6cccc(C)c6)c6cccc(C)c6)cc5)cc4)cc3)cc2)c2cccc(C)c2)c1. The normalized spacial score (nSPS) is 10.9. The lowest BCUT2D eigenvalue weighted by Gasteiger charge is -2.26. The van der Waals surface area contributed by atoms with Crippen LogP contribution in [0.15, 0.2) is 243 Å². The van der Waals surface area contributed by atoms with Crippen LogP contribution in [0.1, 0.15) is 22.3 Å². The first kappa shape index (κ1) is 43.3. The Morgan fingerprint density at radius 1 is 0.250 bits per heavy atom. The van der Waals surface area contributed by atoms with Gasteiger partial charge in [0.2, 0.25) is 0 Å². The number of anilines is 10. The van der Waals surface area contributed by atoms with Gasteiger partial charge in [0, 0.05) is 68.0 Å². The van der Waals surface area contributed by atoms with E-state index in [9.17, 15) is 0 Å². The van der Waals surface area contributed by atoms with E-state index in [0.29, 0.717) is 0 Å². The lowest BCUT2D eigenvalue weighted by molar-refractivity contribution is 1.26. The van der Waals surface area contributed by atoms with Gasteiger partial charge in [-0.3, -0.25) is 0 Å². The highest BCUT2D eigenvalue weighted by atomic mass is 15.1. The molecule has 330 valence electrons. The van der Waals surface area contributed by atoms with E-state index in [4.69, 9.17) is 0 Å². The number of rotatable bonds is 13. The fourth-order valence-electron chi connectivity index (χ4n) is 9.03. The van der Waals surface area contributed by atoms with Crippen LogP contribution in [-0.2, 0) is 0 Å². The van der Waals surface area contributed by atoms with Gasteiger partial charge in [-0.25, -0.2) is 0 Å². The third-order valence-electron chi connectivity index (χ3n) is 12.4. The Morgan fingerprint density at radius 3 is 0.853 bits per heavy atom. The van der Waals surface area contributed by atoms with Crippen molar-refractivity contribution < 1.29 is 0 Å². The minimum atomic E-state index is 1.03. The van der Waals surface area contributed by atoms with Gasteiger partial charge in [-0.1, -0.05) is 133 Å². The van der Waals surface area contributed by atoms with Gasteiger partial charge in [0.15, 0.2) is 0 Å². The number of aryl methyl sites for hydroxylation is 4. The Kier molecular flexibility index (Phi) is 12.4. The Morgan fingerprint density at radius 2 is 0.544 bits per heavy atom. The average Bonchev–Trinajstić information content (AvgIpc) is 3.36. The molecule has 0 saturated carbocycles. The molecule has 4 nitrogen and oxygen atoms in total. The van der Waals surface area contributed by atoms with E-state index in [-0.39, 0.29) is 0 Å². The van der Waals surface area contributed by atoms with Crippen LogP contribution in [0.3, 0.4) is 0 Å². The third-order valence-corrected chi connectivity index (χ3v) is 12.4. The molecular weight excluding hydrogens is 825 g/mol. The standard InChI is InChI=1S/C64H54N4/c1-45-13-9-17-57(41-45)67(58-18-10-14-46(2)42-58)55-37-29-51(30-38-55)61-21-5-7-23-63(61)65-53-33-25-49(26-34-53)50-27-35-54(36-28-50)66-64-24-8-6-22-62(64)52-31-39-56(40-32-52)68(59-19-11-15-47(3)43-59)60-20-12-16-48(4)44-60/h5-44,65-66H,1-4H3. The smallest absolute Gasteiger partial charge is 0.0464 e. The van der Waals surface area contributed by atoms with Crippen LogP contribution in [0.5, 0.6) is 0 Å². The molecule has 0 heterocycles. The molecule has 0 saturated heterocycles.